The summed E-state index contributed by atoms with van der Waals surface area (Å²) in [6.07, 6.45) is 16.6. The largest absolute Gasteiger partial charge is 0.396 e. The van der Waals surface area contributed by atoms with Crippen LogP contribution in [0.4, 0.5) is 0 Å². The molecule has 3 atom stereocenters. The van der Waals surface area contributed by atoms with Crippen LogP contribution in [0.15, 0.2) is 28.8 Å². The van der Waals surface area contributed by atoms with Crippen LogP contribution in [0.3, 0.4) is 0 Å². The first kappa shape index (κ1) is 102. The molecule has 0 aliphatic carbocycles. The standard InChI is InChI=1S/C25H43N5O8.C14H28N4O5.C12H23N3O6S.C11H14N2O4S.C2H8N2/c31-16-10-21(33)27-12-4-3-7-20(29-22(34)11-17-32)25(37)28-14-13-26-19-38-18-6-2-1-5-15-30-23(35)8-9-24(30)36;15-6-8-17-14(23)11(18-13(22)5-10-20)3-1-2-7-16-12(21)4-9-19;16-7-4-10(18)13-6-2-1-3-9(12(20)21-15-22)14-11(19)5-8-17;14-9-6-7-10(15)13(9)8-4-2-1-3-5-11(16)17-12-18;3-1-2-4/h8-9,20,26,31-32H,1-7,10-19H2,(H,27,33)(H,28,37)(H,29,34);11,19-20H,1-10,15H2,(H,16,21)(H,17,23)(H,18,22);9,15-17,22H,1-8H2,(H,13,18)(H,14,19);6-7H,1-5,8H2;1-4H2. The summed E-state index contributed by atoms with van der Waals surface area (Å²) < 4.78 is 8.38. The monoisotopic (exact) mass is 1540 g/mol. The van der Waals surface area contributed by atoms with Gasteiger partial charge in [-0.05, 0) is 88.0 Å². The zero-order chi connectivity index (χ0) is 79.1. The molecule has 3 unspecified atom stereocenters. The first-order chi connectivity index (χ1) is 50.5. The number of unbranched alkanes of at least 4 members (excludes halogenated alkanes) is 9. The van der Waals surface area contributed by atoms with E-state index in [1.165, 1.54) is 34.1 Å². The van der Waals surface area contributed by atoms with Crippen LogP contribution in [-0.2, 0) is 94.0 Å². The fraction of sp³-hybridized carbons (Fsp3) is 0.719. The summed E-state index contributed by atoms with van der Waals surface area (Å²) in [5.74, 6) is -4.73. The van der Waals surface area contributed by atoms with Crippen molar-refractivity contribution in [3.05, 3.63) is 24.3 Å². The molecule has 2 aliphatic heterocycles. The molecule has 0 fully saturated rings. The average molecular weight is 1540 g/mol. The number of rotatable bonds is 57. The third kappa shape index (κ3) is 60.2. The Bertz CT molecular complexity index is 2530. The van der Waals surface area contributed by atoms with Crippen molar-refractivity contribution in [2.45, 2.75) is 172 Å². The van der Waals surface area contributed by atoms with Gasteiger partial charge in [0.15, 0.2) is 0 Å². The molecule has 0 saturated heterocycles. The molecule has 41 heteroatoms. The summed E-state index contributed by atoms with van der Waals surface area (Å²) in [5, 5.41) is 76.3. The van der Waals surface area contributed by atoms with Crippen molar-refractivity contribution < 1.29 is 112 Å². The second-order valence-corrected chi connectivity index (χ2v) is 23.0. The van der Waals surface area contributed by atoms with E-state index in [1.807, 2.05) is 4.89 Å². The number of carbonyl (C=O) groups is 14. The summed E-state index contributed by atoms with van der Waals surface area (Å²) >= 11 is 7.68. The summed E-state index contributed by atoms with van der Waals surface area (Å²) in [7, 11) is 0. The molecule has 22 N–H and O–H groups in total. The molecule has 105 heavy (non-hydrogen) atoms. The van der Waals surface area contributed by atoms with Gasteiger partial charge in [-0.2, -0.15) is 0 Å². The SMILES string of the molecule is NCCN.NCCNC(=O)C(CCCCNC(=O)CCO)NC(=O)CCO.O=C(CCCCCCN1C(=O)C=CC1=O)ON=S.O=C(CCO)NCCCCC(NC(=O)CCO)C(=O)NCCNCOCCCCCCN1C(=O)C=CC1=O.O=C(CCO)NCCCCC(NC(=O)CCO)C(=O)ONS. The minimum absolute atomic E-state index is 0.0483. The Morgan fingerprint density at radius 3 is 1.16 bits per heavy atom. The number of nitrogens with zero attached hydrogens (tertiary/aromatic N) is 3. The number of nitrogens with one attached hydrogen (secondary N) is 10. The third-order valence-corrected chi connectivity index (χ3v) is 14.3. The van der Waals surface area contributed by atoms with Gasteiger partial charge in [-0.3, -0.25) is 72.7 Å². The molecule has 0 saturated carbocycles. The number of thiol groups is 1. The van der Waals surface area contributed by atoms with Crippen molar-refractivity contribution in [1.29, 1.82) is 0 Å². The van der Waals surface area contributed by atoms with E-state index >= 15 is 0 Å². The van der Waals surface area contributed by atoms with Gasteiger partial charge in [0.05, 0.1) is 58.8 Å². The Labute approximate surface area is 623 Å². The number of nitrogens with two attached hydrogens (primary N) is 3. The number of hydrogen-bond acceptors (Lipinski definition) is 31. The zero-order valence-corrected chi connectivity index (χ0v) is 61.7. The van der Waals surface area contributed by atoms with Gasteiger partial charge in [-0.25, -0.2) is 9.59 Å². The Morgan fingerprint density at radius 2 is 0.790 bits per heavy atom. The van der Waals surface area contributed by atoms with Crippen molar-refractivity contribution >= 4 is 108 Å². The number of hydrogen-bond donors (Lipinski definition) is 20. The summed E-state index contributed by atoms with van der Waals surface area (Å²) in [4.78, 5) is 174. The van der Waals surface area contributed by atoms with E-state index in [0.29, 0.717) is 150 Å². The number of imide groups is 2. The third-order valence-electron chi connectivity index (χ3n) is 14.1. The normalized spacial score (nSPS) is 12.6. The van der Waals surface area contributed by atoms with Gasteiger partial charge in [0.1, 0.15) is 18.1 Å². The van der Waals surface area contributed by atoms with Gasteiger partial charge in [0.25, 0.3) is 23.6 Å². The Balaban J connectivity index is -0.00000135. The molecule has 39 nitrogen and oxygen atoms in total. The lowest BCUT2D eigenvalue weighted by Crippen LogP contribution is -2.48. The molecular formula is C64H116N16O23S2. The van der Waals surface area contributed by atoms with Crippen LogP contribution in [0.1, 0.15) is 154 Å². The first-order valence-electron chi connectivity index (χ1n) is 35.0. The number of ether oxygens (including phenoxy) is 1. The maximum atomic E-state index is 12.5. The maximum absolute atomic E-state index is 12.5. The molecule has 0 aromatic carbocycles. The van der Waals surface area contributed by atoms with E-state index in [2.05, 4.69) is 87.3 Å². The molecule has 0 aromatic rings. The van der Waals surface area contributed by atoms with Crippen molar-refractivity contribution in [2.75, 3.05) is 125 Å². The van der Waals surface area contributed by atoms with E-state index in [-0.39, 0.29) is 138 Å². The highest BCUT2D eigenvalue weighted by Gasteiger charge is 2.26. The number of carbonyl (C=O) groups excluding carboxylic acids is 14. The second kappa shape index (κ2) is 71.9. The van der Waals surface area contributed by atoms with E-state index in [1.54, 1.807) is 0 Å². The van der Waals surface area contributed by atoms with Gasteiger partial charge >= 0.3 is 11.9 Å². The molecule has 0 aromatic heterocycles. The predicted octanol–water partition coefficient (Wildman–Crippen LogP) is -5.35. The van der Waals surface area contributed by atoms with Crippen molar-refractivity contribution in [1.82, 2.24) is 62.5 Å². The van der Waals surface area contributed by atoms with Crippen molar-refractivity contribution in [3.8, 4) is 0 Å². The summed E-state index contributed by atoms with van der Waals surface area (Å²) in [6, 6.07) is -2.28. The van der Waals surface area contributed by atoms with Gasteiger partial charge < -0.3 is 105 Å². The van der Waals surface area contributed by atoms with Crippen molar-refractivity contribution in [3.63, 3.8) is 0 Å². The first-order valence-corrected chi connectivity index (χ1v) is 35.8. The zero-order valence-electron chi connectivity index (χ0n) is 60.0. The molecule has 0 bridgehead atoms. The maximum Gasteiger partial charge on any atom is 0.348 e. The fourth-order valence-electron chi connectivity index (χ4n) is 8.72. The number of aliphatic hydroxyl groups excluding tert-OH is 6. The van der Waals surface area contributed by atoms with Gasteiger partial charge in [0, 0.05) is 148 Å². The number of amides is 12. The van der Waals surface area contributed by atoms with Crippen LogP contribution in [0, 0.1) is 0 Å². The highest BCUT2D eigenvalue weighted by atomic mass is 32.1. The average Bonchev–Trinajstić information content (AvgIpc) is 1.76. The lowest BCUT2D eigenvalue weighted by Gasteiger charge is -2.18. The van der Waals surface area contributed by atoms with Crippen LogP contribution >= 0.6 is 12.8 Å². The van der Waals surface area contributed by atoms with Gasteiger partial charge in [-0.15, -0.1) is 0 Å². The topological polar surface area (TPSA) is 605 Å². The molecule has 2 heterocycles. The molecule has 0 radical (unpaired) electrons. The lowest BCUT2D eigenvalue weighted by atomic mass is 10.1. The summed E-state index contributed by atoms with van der Waals surface area (Å²) in [6.45, 7) is 4.19. The van der Waals surface area contributed by atoms with Crippen LogP contribution < -0.4 is 69.9 Å². The van der Waals surface area contributed by atoms with Gasteiger partial charge in [0.2, 0.25) is 47.3 Å². The number of aliphatic hydroxyl groups is 6. The summed E-state index contributed by atoms with van der Waals surface area (Å²) in [5.41, 5.74) is 15.1. The van der Waals surface area contributed by atoms with Crippen LogP contribution in [0.5, 0.6) is 0 Å². The fourth-order valence-corrected chi connectivity index (χ4v) is 8.90. The highest BCUT2D eigenvalue weighted by molar-refractivity contribution is 7.77. The minimum atomic E-state index is -0.855. The highest BCUT2D eigenvalue weighted by Crippen LogP contribution is 2.11. The quantitative estimate of drug-likeness (QED) is 0.00889. The molecule has 0 spiro atoms. The van der Waals surface area contributed by atoms with E-state index < -0.39 is 47.8 Å². The van der Waals surface area contributed by atoms with Crippen LogP contribution in [0.2, 0.25) is 0 Å². The Morgan fingerprint density at radius 1 is 0.429 bits per heavy atom. The lowest BCUT2D eigenvalue weighted by molar-refractivity contribution is -0.151. The molecule has 602 valence electrons. The predicted molar refractivity (Wildman–Crippen MR) is 386 cm³/mol. The van der Waals surface area contributed by atoms with Crippen molar-refractivity contribution in [2.24, 2.45) is 21.7 Å². The molecule has 2 aliphatic rings. The van der Waals surface area contributed by atoms with Gasteiger partial charge in [-0.1, -0.05) is 43.4 Å². The molecule has 2 rings (SSSR count). The Kier molecular flexibility index (Phi) is 69.6. The Hall–Kier alpha value is -7.65. The minimum Gasteiger partial charge on any atom is -0.396 e. The molecule has 12 amide bonds. The second-order valence-electron chi connectivity index (χ2n) is 22.7. The smallest absolute Gasteiger partial charge is 0.348 e. The molecular weight excluding hydrogens is 1420 g/mol. The van der Waals surface area contributed by atoms with Crippen LogP contribution in [-0.4, -0.2) is 266 Å². The van der Waals surface area contributed by atoms with E-state index in [9.17, 15) is 67.1 Å². The van der Waals surface area contributed by atoms with E-state index in [0.717, 1.165) is 44.9 Å². The van der Waals surface area contributed by atoms with E-state index in [4.69, 9.17) is 52.6 Å². The van der Waals surface area contributed by atoms with Crippen LogP contribution in [0.25, 0.3) is 0 Å².